The highest BCUT2D eigenvalue weighted by Crippen LogP contribution is 2.46. The molecule has 0 saturated heterocycles. The molecule has 0 radical (unpaired) electrons. The van der Waals surface area contributed by atoms with E-state index in [0.717, 1.165) is 47.2 Å². The van der Waals surface area contributed by atoms with E-state index in [-0.39, 0.29) is 5.92 Å². The molecule has 9 rings (SSSR count). The van der Waals surface area contributed by atoms with Crippen molar-refractivity contribution < 1.29 is 13.7 Å². The normalized spacial score (nSPS) is 15.9. The van der Waals surface area contributed by atoms with E-state index in [1.807, 2.05) is 39.5 Å². The van der Waals surface area contributed by atoms with Crippen LogP contribution in [0, 0.1) is 11.7 Å². The number of halogens is 1. The molecule has 1 saturated carbocycles. The SMILES string of the molecule is COc1ccc(-c2nn(C(c3ccccc3)(c3ccccc3)C3C=CC=CC3)cc2-c2ccc3ncc(-c4noc(C5CC5)n4)n3c2)c(F)c1. The van der Waals surface area contributed by atoms with Gasteiger partial charge in [0.25, 0.3) is 0 Å². The quantitative estimate of drug-likeness (QED) is 0.154. The number of methoxy groups -OCH3 is 1. The summed E-state index contributed by atoms with van der Waals surface area (Å²) in [5, 5.41) is 9.65. The lowest BCUT2D eigenvalue weighted by Gasteiger charge is -2.41. The second-order valence-electron chi connectivity index (χ2n) is 12.9. The maximum absolute atomic E-state index is 16.1. The number of fused-ring (bicyclic) bond motifs is 1. The molecule has 50 heavy (non-hydrogen) atoms. The fourth-order valence-electron chi connectivity index (χ4n) is 7.22. The van der Waals surface area contributed by atoms with Crippen molar-refractivity contribution in [3.63, 3.8) is 0 Å². The summed E-state index contributed by atoms with van der Waals surface area (Å²) in [6.45, 7) is 0. The van der Waals surface area contributed by atoms with Gasteiger partial charge in [-0.3, -0.25) is 9.08 Å². The van der Waals surface area contributed by atoms with Gasteiger partial charge in [0.2, 0.25) is 11.7 Å². The van der Waals surface area contributed by atoms with Gasteiger partial charge in [0, 0.05) is 47.0 Å². The molecule has 7 aromatic rings. The molecule has 2 aliphatic rings. The van der Waals surface area contributed by atoms with Crippen molar-refractivity contribution in [2.24, 2.45) is 5.92 Å². The molecule has 0 spiro atoms. The van der Waals surface area contributed by atoms with E-state index in [9.17, 15) is 0 Å². The third-order valence-electron chi connectivity index (χ3n) is 9.87. The van der Waals surface area contributed by atoms with E-state index < -0.39 is 11.4 Å². The fourth-order valence-corrected chi connectivity index (χ4v) is 7.22. The molecule has 1 atom stereocenters. The van der Waals surface area contributed by atoms with E-state index in [1.54, 1.807) is 18.3 Å². The Morgan fingerprint density at radius 3 is 2.34 bits per heavy atom. The molecule has 3 aromatic carbocycles. The van der Waals surface area contributed by atoms with Gasteiger partial charge < -0.3 is 9.26 Å². The number of benzene rings is 3. The predicted octanol–water partition coefficient (Wildman–Crippen LogP) is 8.86. The lowest BCUT2D eigenvalue weighted by Crippen LogP contribution is -2.43. The summed E-state index contributed by atoms with van der Waals surface area (Å²) < 4.78 is 31.0. The van der Waals surface area contributed by atoms with Gasteiger partial charge in [-0.2, -0.15) is 10.1 Å². The zero-order valence-electron chi connectivity index (χ0n) is 27.4. The van der Waals surface area contributed by atoms with Crippen LogP contribution >= 0.6 is 0 Å². The van der Waals surface area contributed by atoms with Crippen molar-refractivity contribution in [1.82, 2.24) is 29.3 Å². The Morgan fingerprint density at radius 2 is 1.66 bits per heavy atom. The van der Waals surface area contributed by atoms with Crippen LogP contribution in [0.2, 0.25) is 0 Å². The van der Waals surface area contributed by atoms with Crippen LogP contribution in [0.15, 0.2) is 138 Å². The van der Waals surface area contributed by atoms with Crippen molar-refractivity contribution in [1.29, 1.82) is 0 Å². The lowest BCUT2D eigenvalue weighted by atomic mass is 9.70. The summed E-state index contributed by atoms with van der Waals surface area (Å²) in [4.78, 5) is 9.32. The Morgan fingerprint density at radius 1 is 0.880 bits per heavy atom. The number of imidazole rings is 1. The molecular formula is C41H33FN6O2. The molecule has 0 N–H and O–H groups in total. The van der Waals surface area contributed by atoms with Gasteiger partial charge >= 0.3 is 0 Å². The Balaban J connectivity index is 1.30. The molecule has 4 heterocycles. The highest BCUT2D eigenvalue weighted by atomic mass is 19.1. The highest BCUT2D eigenvalue weighted by Gasteiger charge is 2.44. The van der Waals surface area contributed by atoms with Crippen LogP contribution in [0.4, 0.5) is 4.39 Å². The Bertz CT molecular complexity index is 2350. The Labute approximate surface area is 288 Å². The summed E-state index contributed by atoms with van der Waals surface area (Å²) in [6, 6.07) is 29.8. The second kappa shape index (κ2) is 12.1. The molecule has 1 fully saturated rings. The van der Waals surface area contributed by atoms with Crippen LogP contribution in [0.5, 0.6) is 5.75 Å². The van der Waals surface area contributed by atoms with Crippen LogP contribution < -0.4 is 4.74 Å². The molecule has 8 nitrogen and oxygen atoms in total. The first-order valence-corrected chi connectivity index (χ1v) is 16.8. The monoisotopic (exact) mass is 660 g/mol. The number of hydrogen-bond donors (Lipinski definition) is 0. The zero-order valence-corrected chi connectivity index (χ0v) is 27.4. The van der Waals surface area contributed by atoms with Crippen molar-refractivity contribution in [2.45, 2.75) is 30.7 Å². The lowest BCUT2D eigenvalue weighted by molar-refractivity contribution is 0.293. The number of pyridine rings is 1. The smallest absolute Gasteiger partial charge is 0.230 e. The van der Waals surface area contributed by atoms with E-state index in [0.29, 0.717) is 40.3 Å². The maximum atomic E-state index is 16.1. The van der Waals surface area contributed by atoms with Gasteiger partial charge in [-0.1, -0.05) is 90.1 Å². The van der Waals surface area contributed by atoms with Crippen molar-refractivity contribution in [3.8, 4) is 39.7 Å². The third kappa shape index (κ3) is 4.96. The zero-order chi connectivity index (χ0) is 33.7. The third-order valence-corrected chi connectivity index (χ3v) is 9.87. The maximum Gasteiger partial charge on any atom is 0.230 e. The predicted molar refractivity (Wildman–Crippen MR) is 189 cm³/mol. The van der Waals surface area contributed by atoms with E-state index in [4.69, 9.17) is 14.4 Å². The first-order chi connectivity index (χ1) is 24.6. The molecule has 0 aliphatic heterocycles. The van der Waals surface area contributed by atoms with Crippen LogP contribution in [-0.4, -0.2) is 36.4 Å². The van der Waals surface area contributed by atoms with Crippen molar-refractivity contribution in [2.75, 3.05) is 7.11 Å². The summed E-state index contributed by atoms with van der Waals surface area (Å²) in [7, 11) is 1.53. The van der Waals surface area contributed by atoms with Crippen molar-refractivity contribution in [3.05, 3.63) is 157 Å². The molecule has 2 aliphatic carbocycles. The van der Waals surface area contributed by atoms with Gasteiger partial charge in [-0.05, 0) is 54.7 Å². The summed E-state index contributed by atoms with van der Waals surface area (Å²) in [6.07, 6.45) is 17.4. The average molecular weight is 661 g/mol. The molecule has 0 amide bonds. The largest absolute Gasteiger partial charge is 0.497 e. The molecule has 9 heteroatoms. The standard InChI is InChI=1S/C41H33FN6O2/c1-49-32-20-21-33(35(42)23-32)38-34(28-19-22-37-43-24-36(47(37)25-28)39-44-40(50-46-39)27-17-18-27)26-48(45-38)41(29-11-5-2-6-12-29,30-13-7-3-8-14-30)31-15-9-4-10-16-31/h2-15,19-27,31H,16-18H2,1H3. The van der Waals surface area contributed by atoms with Crippen molar-refractivity contribution >= 4 is 5.65 Å². The van der Waals surface area contributed by atoms with E-state index in [2.05, 4.69) is 94.2 Å². The minimum Gasteiger partial charge on any atom is -0.497 e. The number of hydrogen-bond acceptors (Lipinski definition) is 6. The Hall–Kier alpha value is -6.09. The number of rotatable bonds is 9. The van der Waals surface area contributed by atoms with Crippen LogP contribution in [0.25, 0.3) is 39.5 Å². The molecule has 4 aromatic heterocycles. The fraction of sp³-hybridized carbons (Fsp3) is 0.171. The van der Waals surface area contributed by atoms with E-state index in [1.165, 1.54) is 13.2 Å². The highest BCUT2D eigenvalue weighted by molar-refractivity contribution is 5.82. The van der Waals surface area contributed by atoms with Gasteiger partial charge in [0.1, 0.15) is 34.1 Å². The number of allylic oxidation sites excluding steroid dienone is 4. The van der Waals surface area contributed by atoms with Crippen LogP contribution in [-0.2, 0) is 5.54 Å². The molecule has 246 valence electrons. The average Bonchev–Trinajstić information content (AvgIpc) is 3.52. The molecule has 1 unspecified atom stereocenters. The van der Waals surface area contributed by atoms with Gasteiger partial charge in [0.05, 0.1) is 13.3 Å². The minimum absolute atomic E-state index is 0.000230. The number of ether oxygens (including phenoxy) is 1. The Kier molecular flexibility index (Phi) is 7.26. The summed E-state index contributed by atoms with van der Waals surface area (Å²) >= 11 is 0. The minimum atomic E-state index is -0.770. The van der Waals surface area contributed by atoms with Gasteiger partial charge in [-0.25, -0.2) is 9.37 Å². The number of aromatic nitrogens is 6. The first kappa shape index (κ1) is 30.0. The second-order valence-corrected chi connectivity index (χ2v) is 12.9. The topological polar surface area (TPSA) is 83.3 Å². The first-order valence-electron chi connectivity index (χ1n) is 16.8. The van der Waals surface area contributed by atoms with Crippen LogP contribution in [0.1, 0.15) is 42.2 Å². The molecular weight excluding hydrogens is 627 g/mol. The van der Waals surface area contributed by atoms with E-state index >= 15 is 4.39 Å². The van der Waals surface area contributed by atoms with Gasteiger partial charge in [0.15, 0.2) is 0 Å². The van der Waals surface area contributed by atoms with Gasteiger partial charge in [-0.15, -0.1) is 0 Å². The van der Waals surface area contributed by atoms with Crippen LogP contribution in [0.3, 0.4) is 0 Å². The summed E-state index contributed by atoms with van der Waals surface area (Å²) in [5.41, 5.74) is 5.28. The number of nitrogens with zero attached hydrogens (tertiary/aromatic N) is 6. The summed E-state index contributed by atoms with van der Waals surface area (Å²) in [5.74, 6) is 1.49. The molecule has 0 bridgehead atoms.